The van der Waals surface area contributed by atoms with Crippen LogP contribution < -0.4 is 10.5 Å². The normalized spacial score (nSPS) is 10.7. The van der Waals surface area contributed by atoms with Crippen LogP contribution in [-0.4, -0.2) is 37.7 Å². The number of hydrogen-bond acceptors (Lipinski definition) is 5. The van der Waals surface area contributed by atoms with Crippen LogP contribution in [0.5, 0.6) is 5.75 Å². The minimum atomic E-state index is -0.193. The van der Waals surface area contributed by atoms with Gasteiger partial charge in [0.25, 0.3) is 0 Å². The molecule has 0 fully saturated rings. The Hall–Kier alpha value is -1.59. The first-order valence-corrected chi connectivity index (χ1v) is 6.88. The van der Waals surface area contributed by atoms with Crippen LogP contribution in [0, 0.1) is 0 Å². The van der Waals surface area contributed by atoms with Gasteiger partial charge in [-0.15, -0.1) is 0 Å². The second-order valence-corrected chi connectivity index (χ2v) is 4.46. The first-order chi connectivity index (χ1) is 9.64. The quantitative estimate of drug-likeness (QED) is 0.732. The number of rotatable bonds is 8. The van der Waals surface area contributed by atoms with E-state index in [1.807, 2.05) is 36.9 Å². The maximum absolute atomic E-state index is 11.5. The molecule has 20 heavy (non-hydrogen) atoms. The van der Waals surface area contributed by atoms with Crippen molar-refractivity contribution in [1.82, 2.24) is 4.90 Å². The number of benzene rings is 1. The average Bonchev–Trinajstić information content (AvgIpc) is 2.46. The van der Waals surface area contributed by atoms with E-state index in [0.29, 0.717) is 26.2 Å². The summed E-state index contributed by atoms with van der Waals surface area (Å²) in [5.74, 6) is 0.603. The van der Waals surface area contributed by atoms with Gasteiger partial charge >= 0.3 is 5.97 Å². The summed E-state index contributed by atoms with van der Waals surface area (Å²) in [5, 5.41) is 0. The van der Waals surface area contributed by atoms with Gasteiger partial charge in [0.2, 0.25) is 0 Å². The van der Waals surface area contributed by atoms with Crippen molar-refractivity contribution in [2.24, 2.45) is 5.73 Å². The number of nitrogens with two attached hydrogens (primary N) is 1. The van der Waals surface area contributed by atoms with Gasteiger partial charge in [0.1, 0.15) is 5.75 Å². The maximum Gasteiger partial charge on any atom is 0.320 e. The molecule has 2 N–H and O–H groups in total. The van der Waals surface area contributed by atoms with Crippen LogP contribution in [0.3, 0.4) is 0 Å². The smallest absolute Gasteiger partial charge is 0.320 e. The largest absolute Gasteiger partial charge is 0.496 e. The van der Waals surface area contributed by atoms with Gasteiger partial charge in [0, 0.05) is 18.7 Å². The zero-order valence-corrected chi connectivity index (χ0v) is 12.5. The minimum Gasteiger partial charge on any atom is -0.496 e. The fraction of sp³-hybridized carbons (Fsp3) is 0.533. The highest BCUT2D eigenvalue weighted by Crippen LogP contribution is 2.20. The van der Waals surface area contributed by atoms with Crippen molar-refractivity contribution >= 4 is 5.97 Å². The predicted octanol–water partition coefficient (Wildman–Crippen LogP) is 1.54. The van der Waals surface area contributed by atoms with Crippen molar-refractivity contribution in [3.63, 3.8) is 0 Å². The minimum absolute atomic E-state index is 0.193. The second kappa shape index (κ2) is 8.55. The molecule has 0 saturated carbocycles. The number of nitrogens with zero attached hydrogens (tertiary/aromatic N) is 1. The van der Waals surface area contributed by atoms with Crippen LogP contribution in [0.2, 0.25) is 0 Å². The predicted molar refractivity (Wildman–Crippen MR) is 78.5 cm³/mol. The van der Waals surface area contributed by atoms with Gasteiger partial charge in [-0.3, -0.25) is 9.69 Å². The molecule has 0 radical (unpaired) electrons. The molecule has 0 atom stereocenters. The average molecular weight is 280 g/mol. The van der Waals surface area contributed by atoms with Crippen LogP contribution in [0.15, 0.2) is 18.2 Å². The molecule has 0 aliphatic rings. The molecule has 0 heterocycles. The van der Waals surface area contributed by atoms with Crippen LogP contribution in [0.25, 0.3) is 0 Å². The van der Waals surface area contributed by atoms with Crippen molar-refractivity contribution in [1.29, 1.82) is 0 Å². The van der Waals surface area contributed by atoms with Gasteiger partial charge in [0.15, 0.2) is 0 Å². The fourth-order valence-electron chi connectivity index (χ4n) is 2.02. The first-order valence-electron chi connectivity index (χ1n) is 6.88. The standard InChI is InChI=1S/C15H24N2O3/c1-4-17(11-15(18)20-5-2)10-12-6-7-14(19-3)13(8-12)9-16/h6-8H,4-5,9-11,16H2,1-3H3. The van der Waals surface area contributed by atoms with Crippen LogP contribution >= 0.6 is 0 Å². The molecule has 0 unspecified atom stereocenters. The summed E-state index contributed by atoms with van der Waals surface area (Å²) >= 11 is 0. The summed E-state index contributed by atoms with van der Waals surface area (Å²) in [5.41, 5.74) is 7.79. The lowest BCUT2D eigenvalue weighted by molar-refractivity contribution is -0.144. The molecular formula is C15H24N2O3. The molecule has 5 heteroatoms. The van der Waals surface area contributed by atoms with E-state index in [0.717, 1.165) is 23.4 Å². The Labute approximate surface area is 120 Å². The molecule has 0 aliphatic heterocycles. The van der Waals surface area contributed by atoms with Gasteiger partial charge in [0.05, 0.1) is 20.3 Å². The third-order valence-corrected chi connectivity index (χ3v) is 3.08. The molecule has 0 aromatic heterocycles. The van der Waals surface area contributed by atoms with E-state index in [1.165, 1.54) is 0 Å². The second-order valence-electron chi connectivity index (χ2n) is 4.46. The van der Waals surface area contributed by atoms with Crippen molar-refractivity contribution < 1.29 is 14.3 Å². The summed E-state index contributed by atoms with van der Waals surface area (Å²) in [7, 11) is 1.63. The van der Waals surface area contributed by atoms with E-state index in [1.54, 1.807) is 7.11 Å². The van der Waals surface area contributed by atoms with Crippen molar-refractivity contribution in [3.8, 4) is 5.75 Å². The van der Waals surface area contributed by atoms with E-state index < -0.39 is 0 Å². The highest BCUT2D eigenvalue weighted by atomic mass is 16.5. The van der Waals surface area contributed by atoms with E-state index in [-0.39, 0.29) is 5.97 Å². The Balaban J connectivity index is 2.72. The van der Waals surface area contributed by atoms with Crippen molar-refractivity contribution in [3.05, 3.63) is 29.3 Å². The van der Waals surface area contributed by atoms with Gasteiger partial charge in [-0.1, -0.05) is 13.0 Å². The molecule has 1 aromatic carbocycles. The number of likely N-dealkylation sites (N-methyl/N-ethyl adjacent to an activating group) is 1. The number of esters is 1. The van der Waals surface area contributed by atoms with E-state index in [9.17, 15) is 4.79 Å². The van der Waals surface area contributed by atoms with Gasteiger partial charge in [-0.05, 0) is 31.2 Å². The molecule has 112 valence electrons. The Bertz CT molecular complexity index is 435. The third kappa shape index (κ3) is 4.83. The lowest BCUT2D eigenvalue weighted by atomic mass is 10.1. The monoisotopic (exact) mass is 280 g/mol. The van der Waals surface area contributed by atoms with Crippen molar-refractivity contribution in [2.45, 2.75) is 26.9 Å². The van der Waals surface area contributed by atoms with E-state index in [2.05, 4.69) is 0 Å². The van der Waals surface area contributed by atoms with Crippen LogP contribution in [-0.2, 0) is 22.6 Å². The summed E-state index contributed by atoms with van der Waals surface area (Å²) in [6, 6.07) is 5.92. The zero-order chi connectivity index (χ0) is 15.0. The maximum atomic E-state index is 11.5. The molecule has 1 aromatic rings. The van der Waals surface area contributed by atoms with Crippen molar-refractivity contribution in [2.75, 3.05) is 26.8 Å². The first kappa shape index (κ1) is 16.5. The topological polar surface area (TPSA) is 64.8 Å². The Morgan fingerprint density at radius 2 is 2.10 bits per heavy atom. The number of carbonyl (C=O) groups is 1. The Kier molecular flexibility index (Phi) is 7.04. The fourth-order valence-corrected chi connectivity index (χ4v) is 2.02. The summed E-state index contributed by atoms with van der Waals surface area (Å²) in [4.78, 5) is 13.6. The molecule has 0 spiro atoms. The number of hydrogen-bond donors (Lipinski definition) is 1. The lowest BCUT2D eigenvalue weighted by Crippen LogP contribution is -2.30. The van der Waals surface area contributed by atoms with Gasteiger partial charge < -0.3 is 15.2 Å². The number of carbonyl (C=O) groups excluding carboxylic acids is 1. The van der Waals surface area contributed by atoms with E-state index in [4.69, 9.17) is 15.2 Å². The summed E-state index contributed by atoms with van der Waals surface area (Å²) < 4.78 is 10.2. The van der Waals surface area contributed by atoms with Gasteiger partial charge in [-0.25, -0.2) is 0 Å². The summed E-state index contributed by atoms with van der Waals surface area (Å²) in [6.07, 6.45) is 0. The zero-order valence-electron chi connectivity index (χ0n) is 12.5. The molecule has 0 aliphatic carbocycles. The molecular weight excluding hydrogens is 256 g/mol. The Morgan fingerprint density at radius 3 is 2.65 bits per heavy atom. The molecule has 0 bridgehead atoms. The highest BCUT2D eigenvalue weighted by Gasteiger charge is 2.11. The Morgan fingerprint density at radius 1 is 1.35 bits per heavy atom. The van der Waals surface area contributed by atoms with Crippen LogP contribution in [0.1, 0.15) is 25.0 Å². The lowest BCUT2D eigenvalue weighted by Gasteiger charge is -2.20. The van der Waals surface area contributed by atoms with E-state index >= 15 is 0 Å². The van der Waals surface area contributed by atoms with Gasteiger partial charge in [-0.2, -0.15) is 0 Å². The summed E-state index contributed by atoms with van der Waals surface area (Å²) in [6.45, 7) is 6.44. The number of ether oxygens (including phenoxy) is 2. The van der Waals surface area contributed by atoms with Crippen LogP contribution in [0.4, 0.5) is 0 Å². The molecule has 5 nitrogen and oxygen atoms in total. The number of methoxy groups -OCH3 is 1. The molecule has 0 amide bonds. The molecule has 1 rings (SSSR count). The molecule has 0 saturated heterocycles. The SMILES string of the molecule is CCOC(=O)CN(CC)Cc1ccc(OC)c(CN)c1. The third-order valence-electron chi connectivity index (χ3n) is 3.08. The highest BCUT2D eigenvalue weighted by molar-refractivity contribution is 5.71.